The molecule has 0 heterocycles. The maximum atomic E-state index is 10.7. The van der Waals surface area contributed by atoms with Gasteiger partial charge in [-0.15, -0.1) is 0 Å². The molecule has 0 amide bonds. The number of rotatable bonds is 5. The van der Waals surface area contributed by atoms with Crippen LogP contribution >= 0.6 is 0 Å². The normalized spacial score (nSPS) is 18.3. The van der Waals surface area contributed by atoms with Gasteiger partial charge in [-0.05, 0) is 19.3 Å². The second-order valence-corrected chi connectivity index (χ2v) is 3.29. The minimum absolute atomic E-state index is 0.0516. The summed E-state index contributed by atoms with van der Waals surface area (Å²) >= 11 is 0. The van der Waals surface area contributed by atoms with Crippen molar-refractivity contribution in [3.05, 3.63) is 0 Å². The Balaban J connectivity index is 4.39. The molecular formula is C8H16O4. The van der Waals surface area contributed by atoms with Gasteiger partial charge in [-0.2, -0.15) is 0 Å². The summed E-state index contributed by atoms with van der Waals surface area (Å²) in [4.78, 5) is 10.7. The first-order valence-electron chi connectivity index (χ1n) is 3.94. The Bertz CT molecular complexity index is 157. The number of aliphatic hydroxyl groups is 2. The number of carbonyl (C=O) groups is 1. The number of aliphatic hydroxyl groups excluding tert-OH is 2. The topological polar surface area (TPSA) is 77.8 Å². The SMILES string of the molecule is CC(CCO)C(C)(CO)C(=O)O. The van der Waals surface area contributed by atoms with Gasteiger partial charge in [0, 0.05) is 6.61 Å². The highest BCUT2D eigenvalue weighted by molar-refractivity contribution is 5.74. The fourth-order valence-corrected chi connectivity index (χ4v) is 0.946. The fraction of sp³-hybridized carbons (Fsp3) is 0.875. The Morgan fingerprint density at radius 1 is 1.50 bits per heavy atom. The summed E-state index contributed by atoms with van der Waals surface area (Å²) in [7, 11) is 0. The van der Waals surface area contributed by atoms with Crippen molar-refractivity contribution in [1.29, 1.82) is 0 Å². The van der Waals surface area contributed by atoms with Crippen molar-refractivity contribution in [1.82, 2.24) is 0 Å². The van der Waals surface area contributed by atoms with Gasteiger partial charge in [-0.25, -0.2) is 0 Å². The molecule has 0 aromatic carbocycles. The highest BCUT2D eigenvalue weighted by Gasteiger charge is 2.37. The molecule has 0 aliphatic carbocycles. The van der Waals surface area contributed by atoms with E-state index in [4.69, 9.17) is 15.3 Å². The van der Waals surface area contributed by atoms with E-state index >= 15 is 0 Å². The Hall–Kier alpha value is -0.610. The van der Waals surface area contributed by atoms with Crippen LogP contribution in [0.25, 0.3) is 0 Å². The highest BCUT2D eigenvalue weighted by atomic mass is 16.4. The van der Waals surface area contributed by atoms with Crippen LogP contribution < -0.4 is 0 Å². The molecule has 0 saturated carbocycles. The molecule has 0 saturated heterocycles. The molecule has 0 aromatic rings. The molecule has 72 valence electrons. The molecule has 3 N–H and O–H groups in total. The van der Waals surface area contributed by atoms with E-state index in [0.717, 1.165) is 0 Å². The van der Waals surface area contributed by atoms with E-state index in [0.29, 0.717) is 6.42 Å². The van der Waals surface area contributed by atoms with Crippen molar-refractivity contribution in [2.24, 2.45) is 11.3 Å². The largest absolute Gasteiger partial charge is 0.481 e. The summed E-state index contributed by atoms with van der Waals surface area (Å²) in [6, 6.07) is 0. The highest BCUT2D eigenvalue weighted by Crippen LogP contribution is 2.29. The van der Waals surface area contributed by atoms with Crippen molar-refractivity contribution in [2.75, 3.05) is 13.2 Å². The number of hydrogen-bond donors (Lipinski definition) is 3. The van der Waals surface area contributed by atoms with Crippen LogP contribution in [-0.4, -0.2) is 34.5 Å². The smallest absolute Gasteiger partial charge is 0.311 e. The molecular weight excluding hydrogens is 160 g/mol. The third-order valence-electron chi connectivity index (χ3n) is 2.47. The van der Waals surface area contributed by atoms with Crippen LogP contribution in [0.4, 0.5) is 0 Å². The van der Waals surface area contributed by atoms with E-state index in [2.05, 4.69) is 0 Å². The molecule has 2 atom stereocenters. The second-order valence-electron chi connectivity index (χ2n) is 3.29. The number of carboxylic acid groups (broad SMARTS) is 1. The van der Waals surface area contributed by atoms with Crippen LogP contribution in [0.5, 0.6) is 0 Å². The maximum absolute atomic E-state index is 10.7. The third-order valence-corrected chi connectivity index (χ3v) is 2.47. The first-order valence-corrected chi connectivity index (χ1v) is 3.94. The van der Waals surface area contributed by atoms with Gasteiger partial charge in [-0.3, -0.25) is 4.79 Å². The number of aliphatic carboxylic acids is 1. The van der Waals surface area contributed by atoms with Crippen molar-refractivity contribution >= 4 is 5.97 Å². The summed E-state index contributed by atoms with van der Waals surface area (Å²) in [5.41, 5.74) is -1.14. The lowest BCUT2D eigenvalue weighted by Gasteiger charge is -2.28. The summed E-state index contributed by atoms with van der Waals surface area (Å²) in [5.74, 6) is -1.25. The first kappa shape index (κ1) is 11.4. The Kier molecular flexibility index (Phi) is 4.20. The molecule has 0 rings (SSSR count). The van der Waals surface area contributed by atoms with Gasteiger partial charge in [0.15, 0.2) is 0 Å². The minimum atomic E-state index is -1.14. The fourth-order valence-electron chi connectivity index (χ4n) is 0.946. The van der Waals surface area contributed by atoms with Crippen molar-refractivity contribution < 1.29 is 20.1 Å². The lowest BCUT2D eigenvalue weighted by atomic mass is 9.77. The molecule has 0 bridgehead atoms. The maximum Gasteiger partial charge on any atom is 0.311 e. The average Bonchev–Trinajstić information content (AvgIpc) is 2.03. The van der Waals surface area contributed by atoms with E-state index in [1.165, 1.54) is 6.92 Å². The number of carboxylic acids is 1. The Labute approximate surface area is 71.8 Å². The van der Waals surface area contributed by atoms with Gasteiger partial charge in [0.25, 0.3) is 0 Å². The van der Waals surface area contributed by atoms with Crippen LogP contribution in [0.2, 0.25) is 0 Å². The van der Waals surface area contributed by atoms with Crippen LogP contribution in [0.3, 0.4) is 0 Å². The molecule has 0 aromatic heterocycles. The van der Waals surface area contributed by atoms with Crippen LogP contribution in [0.1, 0.15) is 20.3 Å². The molecule has 0 spiro atoms. The van der Waals surface area contributed by atoms with Gasteiger partial charge >= 0.3 is 5.97 Å². The molecule has 4 nitrogen and oxygen atoms in total. The molecule has 0 fully saturated rings. The predicted molar refractivity (Wildman–Crippen MR) is 43.7 cm³/mol. The van der Waals surface area contributed by atoms with Crippen LogP contribution in [0.15, 0.2) is 0 Å². The van der Waals surface area contributed by atoms with E-state index in [1.807, 2.05) is 0 Å². The third kappa shape index (κ3) is 2.19. The minimum Gasteiger partial charge on any atom is -0.481 e. The van der Waals surface area contributed by atoms with Gasteiger partial charge in [-0.1, -0.05) is 6.92 Å². The zero-order valence-corrected chi connectivity index (χ0v) is 7.45. The summed E-state index contributed by atoms with van der Waals surface area (Å²) in [6.07, 6.45) is 0.392. The zero-order valence-electron chi connectivity index (χ0n) is 7.45. The summed E-state index contributed by atoms with van der Waals surface area (Å²) in [5, 5.41) is 26.3. The standard InChI is InChI=1S/C8H16O4/c1-6(3-4-9)8(2,5-10)7(11)12/h6,9-10H,3-5H2,1-2H3,(H,11,12). The lowest BCUT2D eigenvalue weighted by Crippen LogP contribution is -2.38. The van der Waals surface area contributed by atoms with E-state index < -0.39 is 18.0 Å². The lowest BCUT2D eigenvalue weighted by molar-refractivity contribution is -0.154. The van der Waals surface area contributed by atoms with Gasteiger partial charge in [0.1, 0.15) is 0 Å². The van der Waals surface area contributed by atoms with Crippen molar-refractivity contribution in [2.45, 2.75) is 20.3 Å². The van der Waals surface area contributed by atoms with Gasteiger partial charge in [0.2, 0.25) is 0 Å². The first-order chi connectivity index (χ1) is 5.49. The van der Waals surface area contributed by atoms with Crippen LogP contribution in [0, 0.1) is 11.3 Å². The van der Waals surface area contributed by atoms with E-state index in [9.17, 15) is 4.79 Å². The molecule has 12 heavy (non-hydrogen) atoms. The Morgan fingerprint density at radius 3 is 2.25 bits per heavy atom. The molecule has 0 aliphatic rings. The zero-order chi connectivity index (χ0) is 9.78. The molecule has 4 heteroatoms. The second kappa shape index (κ2) is 4.42. The van der Waals surface area contributed by atoms with Gasteiger partial charge in [0.05, 0.1) is 12.0 Å². The number of hydrogen-bond acceptors (Lipinski definition) is 3. The monoisotopic (exact) mass is 176 g/mol. The summed E-state index contributed by atoms with van der Waals surface area (Å²) < 4.78 is 0. The average molecular weight is 176 g/mol. The summed E-state index contributed by atoms with van der Waals surface area (Å²) in [6.45, 7) is 2.74. The van der Waals surface area contributed by atoms with E-state index in [1.54, 1.807) is 6.92 Å². The predicted octanol–water partition coefficient (Wildman–Crippen LogP) is 0.0881. The quantitative estimate of drug-likeness (QED) is 0.554. The van der Waals surface area contributed by atoms with Crippen molar-refractivity contribution in [3.63, 3.8) is 0 Å². The van der Waals surface area contributed by atoms with E-state index in [-0.39, 0.29) is 12.5 Å². The Morgan fingerprint density at radius 2 is 2.00 bits per heavy atom. The molecule has 2 unspecified atom stereocenters. The molecule has 0 aliphatic heterocycles. The van der Waals surface area contributed by atoms with Crippen molar-refractivity contribution in [3.8, 4) is 0 Å². The molecule has 0 radical (unpaired) electrons. The van der Waals surface area contributed by atoms with Crippen LogP contribution in [-0.2, 0) is 4.79 Å². The van der Waals surface area contributed by atoms with Gasteiger partial charge < -0.3 is 15.3 Å².